The van der Waals surface area contributed by atoms with E-state index in [4.69, 9.17) is 0 Å². The van der Waals surface area contributed by atoms with Crippen LogP contribution < -0.4 is 11.2 Å². The molecule has 0 saturated carbocycles. The van der Waals surface area contributed by atoms with Crippen LogP contribution in [0, 0.1) is 0 Å². The zero-order valence-corrected chi connectivity index (χ0v) is 8.10. The van der Waals surface area contributed by atoms with Gasteiger partial charge in [-0.25, -0.2) is 9.59 Å². The van der Waals surface area contributed by atoms with Crippen LogP contribution in [0.25, 0.3) is 0 Å². The molecule has 0 aliphatic rings. The minimum Gasteiger partial charge on any atom is -0.464 e. The number of rotatable bonds is 1. The maximum atomic E-state index is 11.3. The average Bonchev–Trinajstić information content (AvgIpc) is 2.19. The van der Waals surface area contributed by atoms with Crippen molar-refractivity contribution in [2.24, 2.45) is 14.1 Å². The fourth-order valence-electron chi connectivity index (χ4n) is 1.03. The molecule has 0 saturated heterocycles. The molecule has 0 fully saturated rings. The number of hydrogen-bond donors (Lipinski definition) is 0. The summed E-state index contributed by atoms with van der Waals surface area (Å²) in [5.74, 6) is -0.706. The lowest BCUT2D eigenvalue weighted by Crippen LogP contribution is -2.39. The maximum absolute atomic E-state index is 11.3. The number of methoxy groups -OCH3 is 1. The Bertz CT molecular complexity index is 483. The summed E-state index contributed by atoms with van der Waals surface area (Å²) >= 11 is 0. The minimum atomic E-state index is -0.706. The highest BCUT2D eigenvalue weighted by Crippen LogP contribution is 1.92. The van der Waals surface area contributed by atoms with E-state index in [-0.39, 0.29) is 5.69 Å². The lowest BCUT2D eigenvalue weighted by atomic mass is 10.4. The van der Waals surface area contributed by atoms with Gasteiger partial charge in [-0.3, -0.25) is 13.9 Å². The lowest BCUT2D eigenvalue weighted by Gasteiger charge is -2.06. The van der Waals surface area contributed by atoms with E-state index in [9.17, 15) is 14.4 Å². The fourth-order valence-corrected chi connectivity index (χ4v) is 1.03. The first-order valence-electron chi connectivity index (χ1n) is 3.84. The molecule has 0 spiro atoms. The summed E-state index contributed by atoms with van der Waals surface area (Å²) in [6.45, 7) is 0. The van der Waals surface area contributed by atoms with Crippen LogP contribution >= 0.6 is 0 Å². The van der Waals surface area contributed by atoms with Gasteiger partial charge in [0.1, 0.15) is 5.69 Å². The Labute approximate surface area is 79.3 Å². The van der Waals surface area contributed by atoms with Crippen LogP contribution in [0.4, 0.5) is 0 Å². The van der Waals surface area contributed by atoms with E-state index in [0.29, 0.717) is 0 Å². The molecule has 0 amide bonds. The van der Waals surface area contributed by atoms with Gasteiger partial charge in [0.2, 0.25) is 0 Å². The van der Waals surface area contributed by atoms with Crippen LogP contribution in [0.3, 0.4) is 0 Å². The Hall–Kier alpha value is -1.85. The zero-order chi connectivity index (χ0) is 10.9. The number of carbonyl (C=O) groups is 1. The van der Waals surface area contributed by atoms with Crippen molar-refractivity contribution in [1.29, 1.82) is 0 Å². The predicted molar refractivity (Wildman–Crippen MR) is 48.3 cm³/mol. The van der Waals surface area contributed by atoms with Crippen LogP contribution in [-0.2, 0) is 18.8 Å². The van der Waals surface area contributed by atoms with Gasteiger partial charge in [-0.2, -0.15) is 0 Å². The van der Waals surface area contributed by atoms with E-state index < -0.39 is 17.2 Å². The van der Waals surface area contributed by atoms with Crippen LogP contribution in [0.2, 0.25) is 0 Å². The largest absolute Gasteiger partial charge is 0.464 e. The second-order valence-electron chi connectivity index (χ2n) is 2.76. The first-order chi connectivity index (χ1) is 6.49. The summed E-state index contributed by atoms with van der Waals surface area (Å²) in [6.07, 6.45) is 0. The summed E-state index contributed by atoms with van der Waals surface area (Å²) < 4.78 is 6.39. The van der Waals surface area contributed by atoms with Crippen molar-refractivity contribution in [3.63, 3.8) is 0 Å². The summed E-state index contributed by atoms with van der Waals surface area (Å²) in [6, 6.07) is 1.06. The first-order valence-corrected chi connectivity index (χ1v) is 3.84. The van der Waals surface area contributed by atoms with Gasteiger partial charge in [-0.1, -0.05) is 0 Å². The zero-order valence-electron chi connectivity index (χ0n) is 8.10. The van der Waals surface area contributed by atoms with Gasteiger partial charge in [0, 0.05) is 20.2 Å². The number of esters is 1. The Kier molecular flexibility index (Phi) is 2.55. The fraction of sp³-hybridized carbons (Fsp3) is 0.375. The SMILES string of the molecule is COC(=O)c1cc(=O)n(C)c(=O)n1C. The van der Waals surface area contributed by atoms with Crippen LogP contribution in [-0.4, -0.2) is 22.2 Å². The van der Waals surface area contributed by atoms with Gasteiger partial charge in [0.05, 0.1) is 7.11 Å². The van der Waals surface area contributed by atoms with Crippen LogP contribution in [0.15, 0.2) is 15.7 Å². The van der Waals surface area contributed by atoms with Crippen LogP contribution in [0.5, 0.6) is 0 Å². The van der Waals surface area contributed by atoms with E-state index in [2.05, 4.69) is 4.74 Å². The molecular formula is C8H10N2O4. The highest BCUT2D eigenvalue weighted by Gasteiger charge is 2.12. The molecule has 6 heteroatoms. The number of carbonyl (C=O) groups excluding carboxylic acids is 1. The third-order valence-electron chi connectivity index (χ3n) is 1.92. The molecule has 76 valence electrons. The quantitative estimate of drug-likeness (QED) is 0.535. The number of hydrogen-bond acceptors (Lipinski definition) is 4. The van der Waals surface area contributed by atoms with E-state index in [1.165, 1.54) is 21.2 Å². The Morgan fingerprint density at radius 2 is 1.86 bits per heavy atom. The van der Waals surface area contributed by atoms with E-state index in [1.807, 2.05) is 0 Å². The van der Waals surface area contributed by atoms with Crippen molar-refractivity contribution < 1.29 is 9.53 Å². The van der Waals surface area contributed by atoms with Crippen molar-refractivity contribution in [1.82, 2.24) is 9.13 Å². The molecule has 0 aromatic carbocycles. The number of nitrogens with zero attached hydrogens (tertiary/aromatic N) is 2. The van der Waals surface area contributed by atoms with Crippen molar-refractivity contribution in [3.05, 3.63) is 32.6 Å². The molecule has 1 aromatic rings. The summed E-state index contributed by atoms with van der Waals surface area (Å²) in [4.78, 5) is 33.6. The number of aromatic nitrogens is 2. The molecule has 0 atom stereocenters. The molecule has 6 nitrogen and oxygen atoms in total. The van der Waals surface area contributed by atoms with Crippen molar-refractivity contribution in [2.75, 3.05) is 7.11 Å². The maximum Gasteiger partial charge on any atom is 0.355 e. The highest BCUT2D eigenvalue weighted by molar-refractivity contribution is 5.87. The summed E-state index contributed by atoms with van der Waals surface area (Å²) in [7, 11) is 3.92. The Morgan fingerprint density at radius 1 is 1.29 bits per heavy atom. The minimum absolute atomic E-state index is 0.0550. The smallest absolute Gasteiger partial charge is 0.355 e. The molecule has 14 heavy (non-hydrogen) atoms. The Morgan fingerprint density at radius 3 is 2.36 bits per heavy atom. The topological polar surface area (TPSA) is 70.3 Å². The third kappa shape index (κ3) is 1.46. The van der Waals surface area contributed by atoms with E-state index in [1.54, 1.807) is 0 Å². The predicted octanol–water partition coefficient (Wildman–Crippen LogP) is -1.13. The first kappa shape index (κ1) is 10.2. The molecule has 0 radical (unpaired) electrons. The molecule has 1 rings (SSSR count). The molecule has 0 N–H and O–H groups in total. The van der Waals surface area contributed by atoms with Gasteiger partial charge >= 0.3 is 11.7 Å². The highest BCUT2D eigenvalue weighted by atomic mass is 16.5. The Balaban J connectivity index is 3.57. The molecule has 0 aliphatic heterocycles. The van der Waals surface area contributed by atoms with Gasteiger partial charge in [0.15, 0.2) is 0 Å². The standard InChI is InChI=1S/C8H10N2O4/c1-9-5(7(12)14-3)4-6(11)10(2)8(9)13/h4H,1-3H3. The van der Waals surface area contributed by atoms with E-state index >= 15 is 0 Å². The normalized spacial score (nSPS) is 9.93. The van der Waals surface area contributed by atoms with Crippen molar-refractivity contribution >= 4 is 5.97 Å². The molecule has 0 aliphatic carbocycles. The number of ether oxygens (including phenoxy) is 1. The second-order valence-corrected chi connectivity index (χ2v) is 2.76. The summed E-state index contributed by atoms with van der Waals surface area (Å²) in [5, 5.41) is 0. The molecule has 1 aromatic heterocycles. The third-order valence-corrected chi connectivity index (χ3v) is 1.92. The summed E-state index contributed by atoms with van der Waals surface area (Å²) in [5.41, 5.74) is -1.15. The van der Waals surface area contributed by atoms with Gasteiger partial charge in [-0.15, -0.1) is 0 Å². The van der Waals surface area contributed by atoms with Crippen LogP contribution in [0.1, 0.15) is 10.5 Å². The molecule has 1 heterocycles. The van der Waals surface area contributed by atoms with Crippen molar-refractivity contribution in [2.45, 2.75) is 0 Å². The molecular weight excluding hydrogens is 188 g/mol. The van der Waals surface area contributed by atoms with Gasteiger partial charge in [0.25, 0.3) is 5.56 Å². The van der Waals surface area contributed by atoms with Crippen molar-refractivity contribution in [3.8, 4) is 0 Å². The molecule has 0 bridgehead atoms. The van der Waals surface area contributed by atoms with E-state index in [0.717, 1.165) is 15.2 Å². The lowest BCUT2D eigenvalue weighted by molar-refractivity contribution is 0.0587. The van der Waals surface area contributed by atoms with Gasteiger partial charge in [-0.05, 0) is 0 Å². The average molecular weight is 198 g/mol. The molecule has 0 unspecified atom stereocenters. The monoisotopic (exact) mass is 198 g/mol. The van der Waals surface area contributed by atoms with Gasteiger partial charge < -0.3 is 4.74 Å². The second kappa shape index (κ2) is 3.49.